The van der Waals surface area contributed by atoms with Gasteiger partial charge in [-0.3, -0.25) is 4.79 Å². The van der Waals surface area contributed by atoms with Crippen molar-refractivity contribution in [1.82, 2.24) is 10.2 Å². The van der Waals surface area contributed by atoms with Crippen molar-refractivity contribution >= 4 is 21.8 Å². The summed E-state index contributed by atoms with van der Waals surface area (Å²) in [6.07, 6.45) is 2.05. The van der Waals surface area contributed by atoms with Crippen LogP contribution in [-0.2, 0) is 0 Å². The lowest BCUT2D eigenvalue weighted by atomic mass is 10.1. The van der Waals surface area contributed by atoms with Crippen molar-refractivity contribution in [1.29, 1.82) is 0 Å². The molecule has 0 atom stereocenters. The van der Waals surface area contributed by atoms with E-state index in [0.29, 0.717) is 0 Å². The summed E-state index contributed by atoms with van der Waals surface area (Å²) in [5.41, 5.74) is 0.765. The van der Waals surface area contributed by atoms with Crippen LogP contribution in [0.1, 0.15) is 23.2 Å². The molecule has 1 fully saturated rings. The predicted octanol–water partition coefficient (Wildman–Crippen LogP) is 2.27. The van der Waals surface area contributed by atoms with E-state index in [9.17, 15) is 4.79 Å². The molecule has 3 nitrogen and oxygen atoms in total. The van der Waals surface area contributed by atoms with E-state index in [2.05, 4.69) is 21.2 Å². The Labute approximate surface area is 110 Å². The fraction of sp³-hybridized carbons (Fsp3) is 0.462. The molecule has 1 N–H and O–H groups in total. The first-order chi connectivity index (χ1) is 8.29. The lowest BCUT2D eigenvalue weighted by molar-refractivity contribution is 0.0745. The lowest BCUT2D eigenvalue weighted by Gasteiger charge is -2.25. The van der Waals surface area contributed by atoms with Crippen LogP contribution >= 0.6 is 15.9 Å². The maximum atomic E-state index is 12.4. The van der Waals surface area contributed by atoms with Crippen LogP contribution in [0, 0.1) is 0 Å². The molecule has 0 aliphatic carbocycles. The summed E-state index contributed by atoms with van der Waals surface area (Å²) in [5.74, 6) is 0.138. The van der Waals surface area contributed by atoms with Crippen molar-refractivity contribution < 1.29 is 4.79 Å². The summed E-state index contributed by atoms with van der Waals surface area (Å²) in [5, 5.41) is 3.35. The van der Waals surface area contributed by atoms with Crippen LogP contribution in [0.3, 0.4) is 0 Å². The number of benzene rings is 1. The second-order valence-electron chi connectivity index (χ2n) is 4.23. The van der Waals surface area contributed by atoms with Gasteiger partial charge in [0, 0.05) is 17.6 Å². The molecule has 92 valence electrons. The average Bonchev–Trinajstić information content (AvgIpc) is 2.28. The highest BCUT2D eigenvalue weighted by atomic mass is 79.9. The number of halogens is 1. The largest absolute Gasteiger partial charge is 0.339 e. The fourth-order valence-corrected chi connectivity index (χ4v) is 2.49. The topological polar surface area (TPSA) is 32.3 Å². The Hall–Kier alpha value is -0.870. The van der Waals surface area contributed by atoms with E-state index in [1.165, 1.54) is 0 Å². The summed E-state index contributed by atoms with van der Waals surface area (Å²) in [6, 6.07) is 7.63. The number of carbonyl (C=O) groups excluding carboxylic acids is 1. The van der Waals surface area contributed by atoms with Crippen LogP contribution in [0.5, 0.6) is 0 Å². The molecular weight excluding hydrogens is 280 g/mol. The summed E-state index contributed by atoms with van der Waals surface area (Å²) in [6.45, 7) is 3.68. The molecule has 1 amide bonds. The number of amides is 1. The van der Waals surface area contributed by atoms with E-state index in [1.807, 2.05) is 29.2 Å². The smallest absolute Gasteiger partial charge is 0.254 e. The van der Waals surface area contributed by atoms with E-state index in [1.54, 1.807) is 0 Å². The average molecular weight is 297 g/mol. The van der Waals surface area contributed by atoms with E-state index in [4.69, 9.17) is 0 Å². The van der Waals surface area contributed by atoms with Crippen molar-refractivity contribution in [3.05, 3.63) is 34.3 Å². The van der Waals surface area contributed by atoms with Crippen molar-refractivity contribution in [3.63, 3.8) is 0 Å². The third kappa shape index (κ3) is 3.30. The van der Waals surface area contributed by atoms with E-state index in [0.717, 1.165) is 49.1 Å². The quantitative estimate of drug-likeness (QED) is 0.862. The fourth-order valence-electron chi connectivity index (χ4n) is 2.03. The molecular formula is C13H17BrN2O. The summed E-state index contributed by atoms with van der Waals surface area (Å²) >= 11 is 3.44. The normalized spacial score (nSPS) is 17.4. The minimum absolute atomic E-state index is 0.138. The first-order valence-corrected chi connectivity index (χ1v) is 6.83. The van der Waals surface area contributed by atoms with Gasteiger partial charge in [0.25, 0.3) is 5.91 Å². The molecule has 1 saturated heterocycles. The van der Waals surface area contributed by atoms with Gasteiger partial charge in [0.05, 0.1) is 5.56 Å². The van der Waals surface area contributed by atoms with Crippen molar-refractivity contribution in [2.24, 2.45) is 0 Å². The van der Waals surface area contributed by atoms with Crippen LogP contribution in [0.15, 0.2) is 28.7 Å². The van der Waals surface area contributed by atoms with Gasteiger partial charge in [0.1, 0.15) is 0 Å². The molecule has 0 saturated carbocycles. The second-order valence-corrected chi connectivity index (χ2v) is 5.08. The molecule has 1 aliphatic rings. The van der Waals surface area contributed by atoms with Crippen LogP contribution < -0.4 is 5.32 Å². The lowest BCUT2D eigenvalue weighted by Crippen LogP contribution is -2.38. The number of hydrogen-bond donors (Lipinski definition) is 1. The molecule has 17 heavy (non-hydrogen) atoms. The number of hydrogen-bond acceptors (Lipinski definition) is 2. The molecule has 2 rings (SSSR count). The highest BCUT2D eigenvalue weighted by molar-refractivity contribution is 9.10. The highest BCUT2D eigenvalue weighted by Crippen LogP contribution is 2.18. The van der Waals surface area contributed by atoms with Crippen LogP contribution in [0.25, 0.3) is 0 Å². The molecule has 0 unspecified atom stereocenters. The standard InChI is InChI=1S/C13H17BrN2O/c14-12-6-2-1-5-11(12)13(17)16-9-3-7-15-8-4-10-16/h1-2,5-6,15H,3-4,7-10H2. The Kier molecular flexibility index (Phi) is 4.57. The van der Waals surface area contributed by atoms with Crippen molar-refractivity contribution in [2.75, 3.05) is 26.2 Å². The summed E-state index contributed by atoms with van der Waals surface area (Å²) in [4.78, 5) is 14.3. The predicted molar refractivity (Wildman–Crippen MR) is 72.1 cm³/mol. The van der Waals surface area contributed by atoms with Gasteiger partial charge in [-0.05, 0) is 54.0 Å². The molecule has 4 heteroatoms. The number of carbonyl (C=O) groups is 1. The van der Waals surface area contributed by atoms with E-state index < -0.39 is 0 Å². The Morgan fingerprint density at radius 2 is 1.82 bits per heavy atom. The van der Waals surface area contributed by atoms with Gasteiger partial charge in [-0.25, -0.2) is 0 Å². The molecule has 1 aromatic rings. The molecule has 0 aromatic heterocycles. The maximum Gasteiger partial charge on any atom is 0.254 e. The third-order valence-corrected chi connectivity index (χ3v) is 3.65. The van der Waals surface area contributed by atoms with E-state index in [-0.39, 0.29) is 5.91 Å². The molecule has 0 radical (unpaired) electrons. The van der Waals surface area contributed by atoms with Crippen LogP contribution in [0.2, 0.25) is 0 Å². The van der Waals surface area contributed by atoms with E-state index >= 15 is 0 Å². The zero-order valence-corrected chi connectivity index (χ0v) is 11.4. The van der Waals surface area contributed by atoms with Gasteiger partial charge in [-0.2, -0.15) is 0 Å². The van der Waals surface area contributed by atoms with Crippen LogP contribution in [0.4, 0.5) is 0 Å². The van der Waals surface area contributed by atoms with Gasteiger partial charge in [0.15, 0.2) is 0 Å². The third-order valence-electron chi connectivity index (χ3n) is 2.95. The summed E-state index contributed by atoms with van der Waals surface area (Å²) < 4.78 is 0.880. The first-order valence-electron chi connectivity index (χ1n) is 6.03. The van der Waals surface area contributed by atoms with Gasteiger partial charge < -0.3 is 10.2 Å². The SMILES string of the molecule is O=C(c1ccccc1Br)N1CCCNCCC1. The second kappa shape index (κ2) is 6.17. The molecule has 1 aromatic carbocycles. The van der Waals surface area contributed by atoms with Crippen molar-refractivity contribution in [2.45, 2.75) is 12.8 Å². The molecule has 0 bridgehead atoms. The molecule has 1 heterocycles. The minimum atomic E-state index is 0.138. The zero-order chi connectivity index (χ0) is 12.1. The maximum absolute atomic E-state index is 12.4. The first kappa shape index (κ1) is 12.6. The Morgan fingerprint density at radius 3 is 2.47 bits per heavy atom. The Morgan fingerprint density at radius 1 is 1.18 bits per heavy atom. The van der Waals surface area contributed by atoms with Crippen LogP contribution in [-0.4, -0.2) is 37.0 Å². The van der Waals surface area contributed by atoms with Gasteiger partial charge in [-0.15, -0.1) is 0 Å². The number of nitrogens with one attached hydrogen (secondary N) is 1. The molecule has 1 aliphatic heterocycles. The minimum Gasteiger partial charge on any atom is -0.339 e. The monoisotopic (exact) mass is 296 g/mol. The van der Waals surface area contributed by atoms with Gasteiger partial charge >= 0.3 is 0 Å². The molecule has 0 spiro atoms. The Bertz CT molecular complexity index is 387. The van der Waals surface area contributed by atoms with Crippen molar-refractivity contribution in [3.8, 4) is 0 Å². The zero-order valence-electron chi connectivity index (χ0n) is 9.79. The Balaban J connectivity index is 2.10. The number of nitrogens with zero attached hydrogens (tertiary/aromatic N) is 1. The van der Waals surface area contributed by atoms with Gasteiger partial charge in [0.2, 0.25) is 0 Å². The number of rotatable bonds is 1. The summed E-state index contributed by atoms with van der Waals surface area (Å²) in [7, 11) is 0. The van der Waals surface area contributed by atoms with Gasteiger partial charge in [-0.1, -0.05) is 12.1 Å². The highest BCUT2D eigenvalue weighted by Gasteiger charge is 2.18.